The van der Waals surface area contributed by atoms with Gasteiger partial charge in [0.25, 0.3) is 0 Å². The molecule has 1 rings (SSSR count). The Morgan fingerprint density at radius 3 is 2.50 bits per heavy atom. The fraction of sp³-hybridized carbons (Fsp3) is 0.923. The zero-order valence-electron chi connectivity index (χ0n) is 12.1. The van der Waals surface area contributed by atoms with Crippen LogP contribution in [0.4, 0.5) is 4.79 Å². The maximum atomic E-state index is 11.6. The highest BCUT2D eigenvalue weighted by Crippen LogP contribution is 2.16. The van der Waals surface area contributed by atoms with Gasteiger partial charge in [0.1, 0.15) is 0 Å². The first-order chi connectivity index (χ1) is 8.43. The molecule has 0 aliphatic carbocycles. The van der Waals surface area contributed by atoms with Crippen molar-refractivity contribution >= 4 is 6.09 Å². The minimum Gasteiger partial charge on any atom is -0.447 e. The third kappa shape index (κ3) is 4.46. The van der Waals surface area contributed by atoms with Gasteiger partial charge >= 0.3 is 6.09 Å². The molecule has 1 heterocycles. The number of alkyl carbamates (subject to hydrolysis) is 1. The quantitative estimate of drug-likeness (QED) is 0.832. The van der Waals surface area contributed by atoms with Crippen molar-refractivity contribution in [3.05, 3.63) is 0 Å². The number of methoxy groups -OCH3 is 1. The van der Waals surface area contributed by atoms with Gasteiger partial charge in [-0.15, -0.1) is 0 Å². The van der Waals surface area contributed by atoms with Crippen molar-refractivity contribution in [1.29, 1.82) is 0 Å². The number of carbonyl (C=O) groups is 1. The van der Waals surface area contributed by atoms with E-state index >= 15 is 0 Å². The Kier molecular flexibility index (Phi) is 5.88. The summed E-state index contributed by atoms with van der Waals surface area (Å²) in [6.07, 6.45) is 0.474. The van der Waals surface area contributed by atoms with Crippen LogP contribution < -0.4 is 5.32 Å². The minimum atomic E-state index is -0.352. The molecule has 1 aliphatic rings. The van der Waals surface area contributed by atoms with Crippen LogP contribution in [0.25, 0.3) is 0 Å². The molecule has 1 fully saturated rings. The summed E-state index contributed by atoms with van der Waals surface area (Å²) in [5.74, 6) is 0. The smallest absolute Gasteiger partial charge is 0.407 e. The monoisotopic (exact) mass is 258 g/mol. The average Bonchev–Trinajstić information content (AvgIpc) is 2.27. The summed E-state index contributed by atoms with van der Waals surface area (Å²) >= 11 is 0. The van der Waals surface area contributed by atoms with E-state index in [0.29, 0.717) is 6.04 Å². The van der Waals surface area contributed by atoms with Gasteiger partial charge in [-0.05, 0) is 34.1 Å². The number of hydrogen-bond acceptors (Lipinski definition) is 4. The second-order valence-corrected chi connectivity index (χ2v) is 5.36. The second kappa shape index (κ2) is 6.95. The van der Waals surface area contributed by atoms with Crippen LogP contribution in [0, 0.1) is 0 Å². The lowest BCUT2D eigenvalue weighted by molar-refractivity contribution is -0.00529. The lowest BCUT2D eigenvalue weighted by atomic mass is 10.0. The van der Waals surface area contributed by atoms with E-state index < -0.39 is 0 Å². The SMILES string of the molecule is COC1CN(C(C)C)CCC1NC(=O)OC(C)C. The van der Waals surface area contributed by atoms with Crippen LogP contribution in [0.3, 0.4) is 0 Å². The van der Waals surface area contributed by atoms with Gasteiger partial charge in [-0.3, -0.25) is 4.90 Å². The Bertz CT molecular complexity index is 269. The van der Waals surface area contributed by atoms with E-state index in [0.717, 1.165) is 19.5 Å². The molecule has 0 aromatic carbocycles. The molecule has 0 aromatic heterocycles. The molecule has 0 spiro atoms. The van der Waals surface area contributed by atoms with Crippen LogP contribution >= 0.6 is 0 Å². The Morgan fingerprint density at radius 1 is 1.33 bits per heavy atom. The molecule has 106 valence electrons. The normalized spacial score (nSPS) is 25.5. The van der Waals surface area contributed by atoms with Crippen molar-refractivity contribution in [2.24, 2.45) is 0 Å². The molecule has 18 heavy (non-hydrogen) atoms. The van der Waals surface area contributed by atoms with Gasteiger partial charge in [0, 0.05) is 26.2 Å². The van der Waals surface area contributed by atoms with E-state index in [1.807, 2.05) is 13.8 Å². The number of ether oxygens (including phenoxy) is 2. The Labute approximate surface area is 110 Å². The molecular formula is C13H26N2O3. The van der Waals surface area contributed by atoms with E-state index in [2.05, 4.69) is 24.1 Å². The summed E-state index contributed by atoms with van der Waals surface area (Å²) in [6, 6.07) is 0.544. The predicted octanol–water partition coefficient (Wildman–Crippen LogP) is 1.62. The molecule has 0 aromatic rings. The third-order valence-corrected chi connectivity index (χ3v) is 3.27. The number of amides is 1. The topological polar surface area (TPSA) is 50.8 Å². The van der Waals surface area contributed by atoms with Crippen LogP contribution in [0.15, 0.2) is 0 Å². The van der Waals surface area contributed by atoms with Gasteiger partial charge in [0.2, 0.25) is 0 Å². The maximum Gasteiger partial charge on any atom is 0.407 e. The number of nitrogens with one attached hydrogen (secondary N) is 1. The fourth-order valence-electron chi connectivity index (χ4n) is 2.21. The molecule has 1 N–H and O–H groups in total. The number of rotatable bonds is 4. The number of hydrogen-bond donors (Lipinski definition) is 1. The van der Waals surface area contributed by atoms with E-state index in [1.165, 1.54) is 0 Å². The summed E-state index contributed by atoms with van der Waals surface area (Å²) < 4.78 is 10.6. The summed E-state index contributed by atoms with van der Waals surface area (Å²) in [5.41, 5.74) is 0. The summed E-state index contributed by atoms with van der Waals surface area (Å²) in [6.45, 7) is 9.86. The van der Waals surface area contributed by atoms with Gasteiger partial charge < -0.3 is 14.8 Å². The zero-order chi connectivity index (χ0) is 13.7. The highest BCUT2D eigenvalue weighted by atomic mass is 16.6. The van der Waals surface area contributed by atoms with Gasteiger partial charge in [-0.2, -0.15) is 0 Å². The largest absolute Gasteiger partial charge is 0.447 e. The minimum absolute atomic E-state index is 0.0286. The highest BCUT2D eigenvalue weighted by Gasteiger charge is 2.31. The third-order valence-electron chi connectivity index (χ3n) is 3.27. The lowest BCUT2D eigenvalue weighted by Gasteiger charge is -2.39. The lowest BCUT2D eigenvalue weighted by Crippen LogP contribution is -2.56. The van der Waals surface area contributed by atoms with Crippen molar-refractivity contribution in [3.63, 3.8) is 0 Å². The van der Waals surface area contributed by atoms with Crippen molar-refractivity contribution in [2.45, 2.75) is 58.4 Å². The molecule has 1 aliphatic heterocycles. The summed E-state index contributed by atoms with van der Waals surface area (Å²) in [5, 5.41) is 2.90. The molecule has 0 saturated carbocycles. The first-order valence-electron chi connectivity index (χ1n) is 6.68. The molecule has 5 nitrogen and oxygen atoms in total. The maximum absolute atomic E-state index is 11.6. The standard InChI is InChI=1S/C13H26N2O3/c1-9(2)15-7-6-11(12(8-15)17-5)14-13(16)18-10(3)4/h9-12H,6-8H2,1-5H3,(H,14,16). The number of piperidine rings is 1. The van der Waals surface area contributed by atoms with Gasteiger partial charge in [0.15, 0.2) is 0 Å². The second-order valence-electron chi connectivity index (χ2n) is 5.36. The zero-order valence-corrected chi connectivity index (χ0v) is 12.1. The number of likely N-dealkylation sites (tertiary alicyclic amines) is 1. The first kappa shape index (κ1) is 15.2. The van der Waals surface area contributed by atoms with Crippen LogP contribution in [0.1, 0.15) is 34.1 Å². The van der Waals surface area contributed by atoms with Crippen molar-refractivity contribution in [3.8, 4) is 0 Å². The first-order valence-corrected chi connectivity index (χ1v) is 6.68. The average molecular weight is 258 g/mol. The summed E-state index contributed by atoms with van der Waals surface area (Å²) in [7, 11) is 1.69. The molecule has 2 atom stereocenters. The Balaban J connectivity index is 2.48. The number of carbonyl (C=O) groups excluding carboxylic acids is 1. The van der Waals surface area contributed by atoms with Gasteiger partial charge in [-0.25, -0.2) is 4.79 Å². The highest BCUT2D eigenvalue weighted by molar-refractivity contribution is 5.67. The van der Waals surface area contributed by atoms with E-state index in [4.69, 9.17) is 9.47 Å². The molecule has 0 radical (unpaired) electrons. The Hall–Kier alpha value is -0.810. The number of nitrogens with zero attached hydrogens (tertiary/aromatic N) is 1. The van der Waals surface area contributed by atoms with E-state index in [9.17, 15) is 4.79 Å². The summed E-state index contributed by atoms with van der Waals surface area (Å²) in [4.78, 5) is 14.0. The fourth-order valence-corrected chi connectivity index (χ4v) is 2.21. The molecule has 1 amide bonds. The molecule has 2 unspecified atom stereocenters. The van der Waals surface area contributed by atoms with Crippen molar-refractivity contribution in [2.75, 3.05) is 20.2 Å². The van der Waals surface area contributed by atoms with Gasteiger partial charge in [0.05, 0.1) is 18.2 Å². The molecule has 5 heteroatoms. The van der Waals surface area contributed by atoms with Crippen LogP contribution in [0.5, 0.6) is 0 Å². The van der Waals surface area contributed by atoms with Crippen LogP contribution in [0.2, 0.25) is 0 Å². The van der Waals surface area contributed by atoms with Crippen molar-refractivity contribution < 1.29 is 14.3 Å². The van der Waals surface area contributed by atoms with Gasteiger partial charge in [-0.1, -0.05) is 0 Å². The molecule has 0 bridgehead atoms. The van der Waals surface area contributed by atoms with Crippen LogP contribution in [-0.2, 0) is 9.47 Å². The Morgan fingerprint density at radius 2 is 2.00 bits per heavy atom. The molecular weight excluding hydrogens is 232 g/mol. The predicted molar refractivity (Wildman–Crippen MR) is 70.7 cm³/mol. The van der Waals surface area contributed by atoms with Crippen molar-refractivity contribution in [1.82, 2.24) is 10.2 Å². The van der Waals surface area contributed by atoms with Crippen LogP contribution in [-0.4, -0.2) is 55.5 Å². The van der Waals surface area contributed by atoms with E-state index in [1.54, 1.807) is 7.11 Å². The molecule has 1 saturated heterocycles. The van der Waals surface area contributed by atoms with E-state index in [-0.39, 0.29) is 24.3 Å².